The Hall–Kier alpha value is -2.01. The molecule has 19 heavy (non-hydrogen) atoms. The second kappa shape index (κ2) is 5.32. The first-order valence-electron chi connectivity index (χ1n) is 5.35. The number of nitrogens with zero attached hydrogens (tertiary/aromatic N) is 1. The zero-order valence-corrected chi connectivity index (χ0v) is 10.6. The third kappa shape index (κ3) is 2.56. The molecule has 0 atom stereocenters. The molecule has 0 saturated heterocycles. The molecule has 1 aromatic carbocycles. The number of halogens is 3. The van der Waals surface area contributed by atoms with Gasteiger partial charge in [-0.05, 0) is 18.2 Å². The molecule has 0 spiro atoms. The van der Waals surface area contributed by atoms with E-state index in [4.69, 9.17) is 11.6 Å². The van der Waals surface area contributed by atoms with Gasteiger partial charge in [0.25, 0.3) is 5.91 Å². The van der Waals surface area contributed by atoms with E-state index in [0.29, 0.717) is 0 Å². The first-order valence-corrected chi connectivity index (χ1v) is 5.73. The van der Waals surface area contributed by atoms with Gasteiger partial charge in [0.1, 0.15) is 11.6 Å². The maximum absolute atomic E-state index is 13.9. The van der Waals surface area contributed by atoms with Gasteiger partial charge in [0, 0.05) is 29.4 Å². The van der Waals surface area contributed by atoms with Crippen molar-refractivity contribution in [3.8, 4) is 11.1 Å². The Kier molecular flexibility index (Phi) is 3.76. The summed E-state index contributed by atoms with van der Waals surface area (Å²) in [6.07, 6.45) is 2.11. The largest absolute Gasteiger partial charge is 0.355 e. The van der Waals surface area contributed by atoms with Crippen LogP contribution in [0.3, 0.4) is 0 Å². The van der Waals surface area contributed by atoms with Crippen molar-refractivity contribution >= 4 is 17.5 Å². The van der Waals surface area contributed by atoms with E-state index in [1.165, 1.54) is 25.4 Å². The lowest BCUT2D eigenvalue weighted by Crippen LogP contribution is -2.19. The van der Waals surface area contributed by atoms with E-state index in [2.05, 4.69) is 10.3 Å². The third-order valence-electron chi connectivity index (χ3n) is 2.57. The molecule has 98 valence electrons. The van der Waals surface area contributed by atoms with E-state index in [9.17, 15) is 13.6 Å². The molecule has 3 nitrogen and oxygen atoms in total. The lowest BCUT2D eigenvalue weighted by atomic mass is 10.00. The molecule has 6 heteroatoms. The van der Waals surface area contributed by atoms with Crippen molar-refractivity contribution in [2.45, 2.75) is 0 Å². The molecule has 0 unspecified atom stereocenters. The van der Waals surface area contributed by atoms with Gasteiger partial charge in [0.15, 0.2) is 0 Å². The molecule has 0 fully saturated rings. The van der Waals surface area contributed by atoms with Crippen molar-refractivity contribution < 1.29 is 13.6 Å². The van der Waals surface area contributed by atoms with Gasteiger partial charge >= 0.3 is 0 Å². The Morgan fingerprint density at radius 1 is 1.26 bits per heavy atom. The SMILES string of the molecule is CNC(=O)c1cncc(F)c1-c1ccc(Cl)cc1F. The van der Waals surface area contributed by atoms with Crippen molar-refractivity contribution in [1.29, 1.82) is 0 Å². The number of pyridine rings is 1. The Morgan fingerprint density at radius 3 is 2.63 bits per heavy atom. The van der Waals surface area contributed by atoms with Crippen molar-refractivity contribution in [2.75, 3.05) is 7.05 Å². The quantitative estimate of drug-likeness (QED) is 0.920. The van der Waals surface area contributed by atoms with E-state index in [1.807, 2.05) is 0 Å². The standard InChI is InChI=1S/C13H9ClF2N2O/c1-17-13(19)9-5-18-6-11(16)12(9)8-3-2-7(14)4-10(8)15/h2-6H,1H3,(H,17,19). The zero-order valence-electron chi connectivity index (χ0n) is 9.88. The zero-order chi connectivity index (χ0) is 14.0. The smallest absolute Gasteiger partial charge is 0.253 e. The average molecular weight is 283 g/mol. The maximum atomic E-state index is 13.9. The Bertz CT molecular complexity index is 647. The summed E-state index contributed by atoms with van der Waals surface area (Å²) in [4.78, 5) is 15.3. The normalized spacial score (nSPS) is 10.3. The number of benzene rings is 1. The monoisotopic (exact) mass is 282 g/mol. The number of carbonyl (C=O) groups excluding carboxylic acids is 1. The fourth-order valence-corrected chi connectivity index (χ4v) is 1.87. The second-order valence-corrected chi connectivity index (χ2v) is 4.18. The van der Waals surface area contributed by atoms with Crippen LogP contribution in [0.5, 0.6) is 0 Å². The summed E-state index contributed by atoms with van der Waals surface area (Å²) in [6, 6.07) is 3.81. The molecule has 1 N–H and O–H groups in total. The van der Waals surface area contributed by atoms with Crippen LogP contribution in [0.4, 0.5) is 8.78 Å². The minimum Gasteiger partial charge on any atom is -0.355 e. The predicted octanol–water partition coefficient (Wildman–Crippen LogP) is 3.04. The minimum atomic E-state index is -0.776. The summed E-state index contributed by atoms with van der Waals surface area (Å²) < 4.78 is 27.7. The average Bonchev–Trinajstić information content (AvgIpc) is 2.38. The highest BCUT2D eigenvalue weighted by Gasteiger charge is 2.19. The van der Waals surface area contributed by atoms with Crippen LogP contribution in [0, 0.1) is 11.6 Å². The van der Waals surface area contributed by atoms with Crippen LogP contribution in [0.25, 0.3) is 11.1 Å². The van der Waals surface area contributed by atoms with Crippen LogP contribution in [0.2, 0.25) is 5.02 Å². The molecule has 0 aliphatic carbocycles. The third-order valence-corrected chi connectivity index (χ3v) is 2.81. The lowest BCUT2D eigenvalue weighted by Gasteiger charge is -2.10. The number of amides is 1. The number of nitrogens with one attached hydrogen (secondary N) is 1. The van der Waals surface area contributed by atoms with Crippen LogP contribution in [-0.4, -0.2) is 17.9 Å². The van der Waals surface area contributed by atoms with E-state index in [1.54, 1.807) is 0 Å². The first-order chi connectivity index (χ1) is 9.04. The molecule has 1 heterocycles. The number of aromatic nitrogens is 1. The van der Waals surface area contributed by atoms with Gasteiger partial charge in [0.05, 0.1) is 11.8 Å². The minimum absolute atomic E-state index is 0.0382. The first kappa shape index (κ1) is 13.4. The van der Waals surface area contributed by atoms with Crippen molar-refractivity contribution in [1.82, 2.24) is 10.3 Å². The van der Waals surface area contributed by atoms with Crippen LogP contribution >= 0.6 is 11.6 Å². The molecule has 0 radical (unpaired) electrons. The van der Waals surface area contributed by atoms with E-state index >= 15 is 0 Å². The van der Waals surface area contributed by atoms with E-state index in [-0.39, 0.29) is 21.7 Å². The maximum Gasteiger partial charge on any atom is 0.253 e. The molecule has 2 rings (SSSR count). The molecule has 1 aromatic heterocycles. The molecule has 1 amide bonds. The summed E-state index contributed by atoms with van der Waals surface area (Å²) in [5.74, 6) is -2.03. The van der Waals surface area contributed by atoms with Crippen LogP contribution in [0.1, 0.15) is 10.4 Å². The number of carbonyl (C=O) groups is 1. The lowest BCUT2D eigenvalue weighted by molar-refractivity contribution is 0.0963. The van der Waals surface area contributed by atoms with Gasteiger partial charge in [-0.1, -0.05) is 11.6 Å². The Balaban J connectivity index is 2.70. The molecule has 0 bridgehead atoms. The summed E-state index contributed by atoms with van der Waals surface area (Å²) in [6.45, 7) is 0. The summed E-state index contributed by atoms with van der Waals surface area (Å²) in [5, 5.41) is 2.55. The summed E-state index contributed by atoms with van der Waals surface area (Å²) >= 11 is 5.65. The molecule has 2 aromatic rings. The van der Waals surface area contributed by atoms with Crippen LogP contribution in [-0.2, 0) is 0 Å². The van der Waals surface area contributed by atoms with E-state index < -0.39 is 17.5 Å². The highest BCUT2D eigenvalue weighted by molar-refractivity contribution is 6.30. The number of hydrogen-bond acceptors (Lipinski definition) is 2. The molecule has 0 saturated carbocycles. The van der Waals surface area contributed by atoms with Gasteiger partial charge in [-0.2, -0.15) is 0 Å². The Labute approximate surface area is 113 Å². The van der Waals surface area contributed by atoms with Crippen molar-refractivity contribution in [3.63, 3.8) is 0 Å². The fourth-order valence-electron chi connectivity index (χ4n) is 1.71. The topological polar surface area (TPSA) is 42.0 Å². The summed E-state index contributed by atoms with van der Waals surface area (Å²) in [5.41, 5.74) is -0.213. The van der Waals surface area contributed by atoms with Crippen molar-refractivity contribution in [3.05, 3.63) is 52.8 Å². The molecular weight excluding hydrogens is 274 g/mol. The highest BCUT2D eigenvalue weighted by Crippen LogP contribution is 2.30. The molecular formula is C13H9ClF2N2O. The van der Waals surface area contributed by atoms with Crippen LogP contribution in [0.15, 0.2) is 30.6 Å². The number of hydrogen-bond donors (Lipinski definition) is 1. The fraction of sp³-hybridized carbons (Fsp3) is 0.0769. The van der Waals surface area contributed by atoms with Gasteiger partial charge < -0.3 is 5.32 Å². The Morgan fingerprint density at radius 2 is 2.00 bits per heavy atom. The van der Waals surface area contributed by atoms with E-state index in [0.717, 1.165) is 12.3 Å². The number of rotatable bonds is 2. The molecule has 0 aliphatic rings. The van der Waals surface area contributed by atoms with Gasteiger partial charge in [-0.15, -0.1) is 0 Å². The predicted molar refractivity (Wildman–Crippen MR) is 68.0 cm³/mol. The second-order valence-electron chi connectivity index (χ2n) is 3.75. The van der Waals surface area contributed by atoms with Gasteiger partial charge in [0.2, 0.25) is 0 Å². The van der Waals surface area contributed by atoms with Crippen molar-refractivity contribution in [2.24, 2.45) is 0 Å². The van der Waals surface area contributed by atoms with Gasteiger partial charge in [-0.25, -0.2) is 8.78 Å². The summed E-state index contributed by atoms with van der Waals surface area (Å²) in [7, 11) is 1.40. The molecule has 0 aliphatic heterocycles. The highest BCUT2D eigenvalue weighted by atomic mass is 35.5. The van der Waals surface area contributed by atoms with Crippen LogP contribution < -0.4 is 5.32 Å². The van der Waals surface area contributed by atoms with Gasteiger partial charge in [-0.3, -0.25) is 9.78 Å².